The second-order valence-electron chi connectivity index (χ2n) is 3.71. The maximum atomic E-state index is 11.6. The molecule has 0 aliphatic heterocycles. The summed E-state index contributed by atoms with van der Waals surface area (Å²) in [6.45, 7) is 2.60. The van der Waals surface area contributed by atoms with Gasteiger partial charge in [-0.05, 0) is 43.3 Å². The van der Waals surface area contributed by atoms with Crippen LogP contribution in [0.25, 0.3) is 0 Å². The normalized spacial score (nSPS) is 10.3. The van der Waals surface area contributed by atoms with E-state index in [4.69, 9.17) is 17.3 Å². The van der Waals surface area contributed by atoms with Gasteiger partial charge in [0.2, 0.25) is 5.91 Å². The SMILES string of the molecule is Cc1ccc(NC(=O)CSCCCN)cc1Cl. The van der Waals surface area contributed by atoms with Gasteiger partial charge in [-0.3, -0.25) is 4.79 Å². The number of aryl methyl sites for hydroxylation is 1. The van der Waals surface area contributed by atoms with Crippen LogP contribution in [-0.2, 0) is 4.79 Å². The molecule has 0 aliphatic carbocycles. The Morgan fingerprint density at radius 2 is 2.29 bits per heavy atom. The van der Waals surface area contributed by atoms with Crippen molar-refractivity contribution in [3.8, 4) is 0 Å². The molecule has 0 atom stereocenters. The van der Waals surface area contributed by atoms with Crippen LogP contribution in [0.5, 0.6) is 0 Å². The van der Waals surface area contributed by atoms with Gasteiger partial charge < -0.3 is 11.1 Å². The van der Waals surface area contributed by atoms with Crippen LogP contribution in [0.3, 0.4) is 0 Å². The highest BCUT2D eigenvalue weighted by atomic mass is 35.5. The van der Waals surface area contributed by atoms with E-state index >= 15 is 0 Å². The van der Waals surface area contributed by atoms with Gasteiger partial charge in [-0.25, -0.2) is 0 Å². The molecule has 0 bridgehead atoms. The number of thioether (sulfide) groups is 1. The lowest BCUT2D eigenvalue weighted by Crippen LogP contribution is -2.14. The first-order valence-corrected chi connectivity index (χ1v) is 7.00. The Labute approximate surface area is 111 Å². The van der Waals surface area contributed by atoms with Gasteiger partial charge in [-0.1, -0.05) is 17.7 Å². The first kappa shape index (κ1) is 14.4. The Morgan fingerprint density at radius 3 is 2.94 bits per heavy atom. The number of benzene rings is 1. The van der Waals surface area contributed by atoms with Gasteiger partial charge in [0.15, 0.2) is 0 Å². The third-order valence-electron chi connectivity index (χ3n) is 2.18. The third-order valence-corrected chi connectivity index (χ3v) is 3.63. The molecular formula is C12H17ClN2OS. The molecule has 3 nitrogen and oxygen atoms in total. The van der Waals surface area contributed by atoms with E-state index in [9.17, 15) is 4.79 Å². The van der Waals surface area contributed by atoms with Gasteiger partial charge >= 0.3 is 0 Å². The Morgan fingerprint density at radius 1 is 1.53 bits per heavy atom. The predicted octanol–water partition coefficient (Wildman–Crippen LogP) is 2.67. The number of carbonyl (C=O) groups excluding carboxylic acids is 1. The zero-order valence-corrected chi connectivity index (χ0v) is 11.4. The first-order valence-electron chi connectivity index (χ1n) is 5.47. The highest BCUT2D eigenvalue weighted by molar-refractivity contribution is 7.99. The van der Waals surface area contributed by atoms with Crippen LogP contribution in [0.2, 0.25) is 5.02 Å². The maximum Gasteiger partial charge on any atom is 0.234 e. The lowest BCUT2D eigenvalue weighted by Gasteiger charge is -2.06. The molecule has 0 saturated heterocycles. The van der Waals surface area contributed by atoms with Crippen molar-refractivity contribution in [3.63, 3.8) is 0 Å². The van der Waals surface area contributed by atoms with E-state index in [1.165, 1.54) is 0 Å². The van der Waals surface area contributed by atoms with Crippen molar-refractivity contribution in [2.75, 3.05) is 23.4 Å². The van der Waals surface area contributed by atoms with E-state index in [-0.39, 0.29) is 5.91 Å². The van der Waals surface area contributed by atoms with E-state index < -0.39 is 0 Å². The minimum Gasteiger partial charge on any atom is -0.330 e. The molecule has 0 saturated carbocycles. The fraction of sp³-hybridized carbons (Fsp3) is 0.417. The number of carbonyl (C=O) groups is 1. The molecule has 0 aliphatic rings. The minimum atomic E-state index is -0.00746. The fourth-order valence-corrected chi connectivity index (χ4v) is 2.17. The number of hydrogen-bond donors (Lipinski definition) is 2. The number of amides is 1. The third kappa shape index (κ3) is 5.44. The van der Waals surface area contributed by atoms with Gasteiger partial charge in [0, 0.05) is 10.7 Å². The first-order chi connectivity index (χ1) is 8.13. The van der Waals surface area contributed by atoms with Crippen LogP contribution in [0.15, 0.2) is 18.2 Å². The molecule has 0 fully saturated rings. The molecule has 5 heteroatoms. The topological polar surface area (TPSA) is 55.1 Å². The molecular weight excluding hydrogens is 256 g/mol. The highest BCUT2D eigenvalue weighted by Crippen LogP contribution is 2.20. The maximum absolute atomic E-state index is 11.6. The van der Waals surface area contributed by atoms with Crippen LogP contribution >= 0.6 is 23.4 Å². The van der Waals surface area contributed by atoms with Crippen LogP contribution in [0.4, 0.5) is 5.69 Å². The molecule has 1 amide bonds. The number of nitrogens with two attached hydrogens (primary N) is 1. The molecule has 17 heavy (non-hydrogen) atoms. The zero-order chi connectivity index (χ0) is 12.7. The van der Waals surface area contributed by atoms with Crippen molar-refractivity contribution < 1.29 is 4.79 Å². The summed E-state index contributed by atoms with van der Waals surface area (Å²) >= 11 is 7.56. The number of halogens is 1. The number of rotatable bonds is 6. The lowest BCUT2D eigenvalue weighted by molar-refractivity contribution is -0.113. The predicted molar refractivity (Wildman–Crippen MR) is 75.8 cm³/mol. The molecule has 1 aromatic rings. The Balaban J connectivity index is 2.37. The van der Waals surface area contributed by atoms with E-state index in [2.05, 4.69) is 5.32 Å². The average molecular weight is 273 g/mol. The van der Waals surface area contributed by atoms with Crippen molar-refractivity contribution in [1.29, 1.82) is 0 Å². The van der Waals surface area contributed by atoms with E-state index in [1.807, 2.05) is 19.1 Å². The van der Waals surface area contributed by atoms with Crippen LogP contribution in [-0.4, -0.2) is 24.0 Å². The summed E-state index contributed by atoms with van der Waals surface area (Å²) in [6.07, 6.45) is 0.939. The summed E-state index contributed by atoms with van der Waals surface area (Å²) < 4.78 is 0. The number of anilines is 1. The molecule has 94 valence electrons. The molecule has 1 aromatic carbocycles. The summed E-state index contributed by atoms with van der Waals surface area (Å²) in [7, 11) is 0. The van der Waals surface area contributed by atoms with Crippen molar-refractivity contribution >= 4 is 35.0 Å². The molecule has 3 N–H and O–H groups in total. The molecule has 0 aromatic heterocycles. The van der Waals surface area contributed by atoms with E-state index in [1.54, 1.807) is 17.8 Å². The lowest BCUT2D eigenvalue weighted by atomic mass is 10.2. The smallest absolute Gasteiger partial charge is 0.234 e. The van der Waals surface area contributed by atoms with Crippen molar-refractivity contribution in [3.05, 3.63) is 28.8 Å². The standard InChI is InChI=1S/C12H17ClN2OS/c1-9-3-4-10(7-11(9)13)15-12(16)8-17-6-2-5-14/h3-4,7H,2,5-6,8,14H2,1H3,(H,15,16). The Bertz CT molecular complexity index is 385. The number of hydrogen-bond acceptors (Lipinski definition) is 3. The molecule has 1 rings (SSSR count). The second-order valence-corrected chi connectivity index (χ2v) is 5.22. The molecule has 0 heterocycles. The van der Waals surface area contributed by atoms with Gasteiger partial charge in [0.25, 0.3) is 0 Å². The monoisotopic (exact) mass is 272 g/mol. The molecule has 0 spiro atoms. The van der Waals surface area contributed by atoms with Crippen molar-refractivity contribution in [1.82, 2.24) is 0 Å². The van der Waals surface area contributed by atoms with Crippen LogP contribution in [0, 0.1) is 6.92 Å². The van der Waals surface area contributed by atoms with Gasteiger partial charge in [-0.15, -0.1) is 0 Å². The van der Waals surface area contributed by atoms with Gasteiger partial charge in [0.05, 0.1) is 5.75 Å². The molecule has 0 radical (unpaired) electrons. The quantitative estimate of drug-likeness (QED) is 0.783. The Kier molecular flexibility index (Phi) is 6.40. The number of nitrogens with one attached hydrogen (secondary N) is 1. The van der Waals surface area contributed by atoms with Crippen LogP contribution in [0.1, 0.15) is 12.0 Å². The highest BCUT2D eigenvalue weighted by Gasteiger charge is 2.03. The summed E-state index contributed by atoms with van der Waals surface area (Å²) in [5.41, 5.74) is 7.11. The average Bonchev–Trinajstić information content (AvgIpc) is 2.30. The van der Waals surface area contributed by atoms with Crippen molar-refractivity contribution in [2.45, 2.75) is 13.3 Å². The van der Waals surface area contributed by atoms with Gasteiger partial charge in [0.1, 0.15) is 0 Å². The van der Waals surface area contributed by atoms with Crippen LogP contribution < -0.4 is 11.1 Å². The summed E-state index contributed by atoms with van der Waals surface area (Å²) in [5, 5.41) is 3.48. The van der Waals surface area contributed by atoms with Gasteiger partial charge in [-0.2, -0.15) is 11.8 Å². The van der Waals surface area contributed by atoms with E-state index in [0.717, 1.165) is 23.4 Å². The second kappa shape index (κ2) is 7.58. The van der Waals surface area contributed by atoms with Crippen molar-refractivity contribution in [2.24, 2.45) is 5.73 Å². The summed E-state index contributed by atoms with van der Waals surface area (Å²) in [5.74, 6) is 1.36. The fourth-order valence-electron chi connectivity index (χ4n) is 1.22. The Hall–Kier alpha value is -0.710. The zero-order valence-electron chi connectivity index (χ0n) is 9.83. The molecule has 0 unspecified atom stereocenters. The van der Waals surface area contributed by atoms with E-state index in [0.29, 0.717) is 17.3 Å². The largest absolute Gasteiger partial charge is 0.330 e. The summed E-state index contributed by atoms with van der Waals surface area (Å²) in [4.78, 5) is 11.6. The minimum absolute atomic E-state index is 0.00746. The summed E-state index contributed by atoms with van der Waals surface area (Å²) in [6, 6.07) is 5.50.